The highest BCUT2D eigenvalue weighted by atomic mass is 16.2. The summed E-state index contributed by atoms with van der Waals surface area (Å²) < 4.78 is 0. The Bertz CT molecular complexity index is 1180. The molecule has 7 nitrogen and oxygen atoms in total. The van der Waals surface area contributed by atoms with Crippen molar-refractivity contribution in [1.82, 2.24) is 10.6 Å². The number of fused-ring (bicyclic) bond motifs is 1. The normalized spacial score (nSPS) is 11.2. The number of amides is 3. The lowest BCUT2D eigenvalue weighted by Crippen LogP contribution is -2.28. The average molecular weight is 486 g/mol. The van der Waals surface area contributed by atoms with Crippen LogP contribution in [0, 0.1) is 11.3 Å². The molecule has 0 atom stereocenters. The maximum atomic E-state index is 12.7. The van der Waals surface area contributed by atoms with E-state index in [1.807, 2.05) is 52.0 Å². The van der Waals surface area contributed by atoms with E-state index in [1.54, 1.807) is 42.5 Å². The molecule has 188 valence electrons. The maximum absolute atomic E-state index is 12.7. The smallest absolute Gasteiger partial charge is 0.319 e. The molecule has 0 aromatic heterocycles. The van der Waals surface area contributed by atoms with Crippen LogP contribution in [0.25, 0.3) is 0 Å². The number of rotatable bonds is 5. The van der Waals surface area contributed by atoms with Crippen LogP contribution in [-0.4, -0.2) is 18.5 Å². The Hall–Kier alpha value is -4.15. The van der Waals surface area contributed by atoms with Crippen molar-refractivity contribution in [2.75, 3.05) is 17.2 Å². The minimum absolute atomic E-state index is 0.197. The van der Waals surface area contributed by atoms with Gasteiger partial charge >= 0.3 is 6.03 Å². The summed E-state index contributed by atoms with van der Waals surface area (Å²) >= 11 is 0. The minimum Gasteiger partial charge on any atom is -0.334 e. The summed E-state index contributed by atoms with van der Waals surface area (Å²) in [6.07, 6.45) is 0.997. The average Bonchev–Trinajstić information content (AvgIpc) is 2.94. The molecule has 1 aliphatic heterocycles. The SMILES string of the molecule is CC.CC.N#Cc1ccc(NC(=O)NCc2cccc(C(=O)Nc3ccc4c(c3)CNCC4)c2)cc1. The first-order chi connectivity index (χ1) is 17.6. The van der Waals surface area contributed by atoms with Gasteiger partial charge in [0, 0.05) is 30.0 Å². The van der Waals surface area contributed by atoms with Crippen molar-refractivity contribution in [2.45, 2.75) is 47.2 Å². The molecule has 36 heavy (non-hydrogen) atoms. The van der Waals surface area contributed by atoms with Crippen molar-refractivity contribution in [2.24, 2.45) is 0 Å². The largest absolute Gasteiger partial charge is 0.334 e. The zero-order chi connectivity index (χ0) is 26.3. The molecule has 4 rings (SSSR count). The number of hydrogen-bond donors (Lipinski definition) is 4. The number of urea groups is 1. The molecular formula is C29H35N5O2. The fourth-order valence-electron chi connectivity index (χ4n) is 3.57. The van der Waals surface area contributed by atoms with Gasteiger partial charge in [-0.2, -0.15) is 5.26 Å². The standard InChI is InChI=1S/C25H23N5O2.2C2H6/c26-14-17-4-7-22(8-5-17)30-25(32)28-15-18-2-1-3-20(12-18)24(31)29-23-9-6-19-10-11-27-16-21(19)13-23;2*1-2/h1-9,12-13,27H,10-11,15-16H2,(H,29,31)(H2,28,30,32);2*1-2H3. The van der Waals surface area contributed by atoms with Gasteiger partial charge in [0.25, 0.3) is 5.91 Å². The highest BCUT2D eigenvalue weighted by Gasteiger charge is 2.12. The second kappa shape index (κ2) is 15.0. The van der Waals surface area contributed by atoms with E-state index in [-0.39, 0.29) is 18.5 Å². The first-order valence-corrected chi connectivity index (χ1v) is 12.4. The van der Waals surface area contributed by atoms with Crippen LogP contribution in [0.5, 0.6) is 0 Å². The predicted molar refractivity (Wildman–Crippen MR) is 146 cm³/mol. The van der Waals surface area contributed by atoms with Gasteiger partial charge in [0.05, 0.1) is 11.6 Å². The van der Waals surface area contributed by atoms with Crippen LogP contribution in [0.3, 0.4) is 0 Å². The van der Waals surface area contributed by atoms with Crippen LogP contribution in [0.2, 0.25) is 0 Å². The summed E-state index contributed by atoms with van der Waals surface area (Å²) in [5.74, 6) is -0.197. The molecule has 3 aromatic rings. The minimum atomic E-state index is -0.368. The van der Waals surface area contributed by atoms with Crippen molar-refractivity contribution in [3.63, 3.8) is 0 Å². The number of nitrogens with one attached hydrogen (secondary N) is 4. The second-order valence-corrected chi connectivity index (χ2v) is 7.56. The van der Waals surface area contributed by atoms with Crippen molar-refractivity contribution in [3.8, 4) is 6.07 Å². The summed E-state index contributed by atoms with van der Waals surface area (Å²) in [7, 11) is 0. The van der Waals surface area contributed by atoms with Gasteiger partial charge in [-0.05, 0) is 78.2 Å². The molecule has 7 heteroatoms. The van der Waals surface area contributed by atoms with E-state index < -0.39 is 0 Å². The number of nitrogens with zero attached hydrogens (tertiary/aromatic N) is 1. The van der Waals surface area contributed by atoms with E-state index in [2.05, 4.69) is 27.3 Å². The molecule has 0 radical (unpaired) electrons. The van der Waals surface area contributed by atoms with E-state index in [0.717, 1.165) is 30.8 Å². The van der Waals surface area contributed by atoms with Crippen LogP contribution < -0.4 is 21.3 Å². The van der Waals surface area contributed by atoms with E-state index in [9.17, 15) is 9.59 Å². The number of hydrogen-bond acceptors (Lipinski definition) is 4. The van der Waals surface area contributed by atoms with Crippen LogP contribution in [-0.2, 0) is 19.5 Å². The third-order valence-corrected chi connectivity index (χ3v) is 5.26. The summed E-state index contributed by atoms with van der Waals surface area (Å²) in [4.78, 5) is 24.9. The lowest BCUT2D eigenvalue weighted by Gasteiger charge is -2.18. The summed E-state index contributed by atoms with van der Waals surface area (Å²) in [6, 6.07) is 21.4. The third kappa shape index (κ3) is 8.26. The van der Waals surface area contributed by atoms with Gasteiger partial charge in [0.2, 0.25) is 0 Å². The fraction of sp³-hybridized carbons (Fsp3) is 0.276. The number of anilines is 2. The molecular weight excluding hydrogens is 450 g/mol. The summed E-state index contributed by atoms with van der Waals surface area (Å²) in [5.41, 5.74) is 5.74. The van der Waals surface area contributed by atoms with E-state index in [0.29, 0.717) is 16.8 Å². The quantitative estimate of drug-likeness (QED) is 0.365. The van der Waals surface area contributed by atoms with E-state index >= 15 is 0 Å². The van der Waals surface area contributed by atoms with Gasteiger partial charge in [-0.3, -0.25) is 4.79 Å². The van der Waals surface area contributed by atoms with Crippen LogP contribution in [0.1, 0.15) is 60.3 Å². The number of benzene rings is 3. The highest BCUT2D eigenvalue weighted by Crippen LogP contribution is 2.20. The Morgan fingerprint density at radius 2 is 1.61 bits per heavy atom. The van der Waals surface area contributed by atoms with Crippen molar-refractivity contribution in [1.29, 1.82) is 5.26 Å². The molecule has 0 fully saturated rings. The molecule has 3 amide bonds. The molecule has 0 bridgehead atoms. The van der Waals surface area contributed by atoms with Gasteiger partial charge in [-0.1, -0.05) is 45.9 Å². The molecule has 4 N–H and O–H groups in total. The predicted octanol–water partition coefficient (Wildman–Crippen LogP) is 5.83. The second-order valence-electron chi connectivity index (χ2n) is 7.56. The Balaban J connectivity index is 0.00000109. The summed E-state index contributed by atoms with van der Waals surface area (Å²) in [6.45, 7) is 10.1. The Morgan fingerprint density at radius 1 is 0.889 bits per heavy atom. The van der Waals surface area contributed by atoms with Gasteiger partial charge in [-0.15, -0.1) is 0 Å². The zero-order valence-corrected chi connectivity index (χ0v) is 21.4. The van der Waals surface area contributed by atoms with E-state index in [4.69, 9.17) is 5.26 Å². The number of carbonyl (C=O) groups is 2. The lowest BCUT2D eigenvalue weighted by atomic mass is 10.0. The maximum Gasteiger partial charge on any atom is 0.319 e. The molecule has 1 aliphatic rings. The third-order valence-electron chi connectivity index (χ3n) is 5.26. The Kier molecular flexibility index (Phi) is 11.7. The molecule has 0 unspecified atom stereocenters. The van der Waals surface area contributed by atoms with Crippen molar-refractivity contribution >= 4 is 23.3 Å². The van der Waals surface area contributed by atoms with Gasteiger partial charge in [0.15, 0.2) is 0 Å². The van der Waals surface area contributed by atoms with Gasteiger partial charge in [-0.25, -0.2) is 4.79 Å². The lowest BCUT2D eigenvalue weighted by molar-refractivity contribution is 0.102. The van der Waals surface area contributed by atoms with Gasteiger partial charge in [0.1, 0.15) is 0 Å². The molecule has 0 saturated carbocycles. The van der Waals surface area contributed by atoms with Gasteiger partial charge < -0.3 is 21.3 Å². The van der Waals surface area contributed by atoms with E-state index in [1.165, 1.54) is 11.1 Å². The first-order valence-electron chi connectivity index (χ1n) is 12.4. The van der Waals surface area contributed by atoms with Crippen molar-refractivity contribution < 1.29 is 9.59 Å². The Labute approximate surface area is 213 Å². The molecule has 0 spiro atoms. The summed E-state index contributed by atoms with van der Waals surface area (Å²) in [5, 5.41) is 20.6. The number of nitriles is 1. The molecule has 1 heterocycles. The molecule has 3 aromatic carbocycles. The topological polar surface area (TPSA) is 106 Å². The Morgan fingerprint density at radius 3 is 2.33 bits per heavy atom. The fourth-order valence-corrected chi connectivity index (χ4v) is 3.57. The van der Waals surface area contributed by atoms with Crippen molar-refractivity contribution in [3.05, 3.63) is 94.5 Å². The van der Waals surface area contributed by atoms with Crippen LogP contribution in [0.15, 0.2) is 66.7 Å². The highest BCUT2D eigenvalue weighted by molar-refractivity contribution is 6.04. The van der Waals surface area contributed by atoms with Crippen LogP contribution in [0.4, 0.5) is 16.2 Å². The molecule has 0 saturated heterocycles. The first kappa shape index (κ1) is 28.1. The zero-order valence-electron chi connectivity index (χ0n) is 21.4. The van der Waals surface area contributed by atoms with Crippen LogP contribution >= 0.6 is 0 Å². The monoisotopic (exact) mass is 485 g/mol. The number of carbonyl (C=O) groups excluding carboxylic acids is 2. The molecule has 0 aliphatic carbocycles.